The number of unbranched alkanes of at least 4 members (excludes halogenated alkanes) is 1. The summed E-state index contributed by atoms with van der Waals surface area (Å²) < 4.78 is 0. The summed E-state index contributed by atoms with van der Waals surface area (Å²) in [5.41, 5.74) is 0. The predicted octanol–water partition coefficient (Wildman–Crippen LogP) is 3.05. The van der Waals surface area contributed by atoms with Crippen LogP contribution in [0.25, 0.3) is 0 Å². The van der Waals surface area contributed by atoms with Crippen LogP contribution in [0.15, 0.2) is 0 Å². The van der Waals surface area contributed by atoms with Gasteiger partial charge in [-0.15, -0.1) is 0 Å². The second-order valence-electron chi connectivity index (χ2n) is 6.14. The highest BCUT2D eigenvalue weighted by molar-refractivity contribution is 5.71. The molecule has 0 aromatic carbocycles. The Hall–Kier alpha value is -0.570. The van der Waals surface area contributed by atoms with Crippen molar-refractivity contribution in [3.05, 3.63) is 0 Å². The Morgan fingerprint density at radius 1 is 1.22 bits per heavy atom. The highest BCUT2D eigenvalue weighted by Crippen LogP contribution is 2.37. The number of carboxylic acids is 1. The Labute approximate surface area is 110 Å². The third kappa shape index (κ3) is 3.25. The van der Waals surface area contributed by atoms with Crippen molar-refractivity contribution in [1.29, 1.82) is 0 Å². The normalized spacial score (nSPS) is 36.7. The number of aliphatic carboxylic acids is 1. The van der Waals surface area contributed by atoms with Gasteiger partial charge in [0.05, 0.1) is 5.92 Å². The van der Waals surface area contributed by atoms with Crippen molar-refractivity contribution in [3.8, 4) is 0 Å². The summed E-state index contributed by atoms with van der Waals surface area (Å²) in [6.07, 6.45) is 9.94. The summed E-state index contributed by atoms with van der Waals surface area (Å²) in [5, 5.41) is 12.7. The van der Waals surface area contributed by atoms with E-state index in [1.807, 2.05) is 0 Å². The predicted molar refractivity (Wildman–Crippen MR) is 72.5 cm³/mol. The van der Waals surface area contributed by atoms with Crippen LogP contribution in [0.4, 0.5) is 0 Å². The van der Waals surface area contributed by atoms with Crippen molar-refractivity contribution in [2.75, 3.05) is 6.54 Å². The van der Waals surface area contributed by atoms with Gasteiger partial charge in [-0.05, 0) is 37.6 Å². The number of hydrogen-bond donors (Lipinski definition) is 2. The number of nitrogens with one attached hydrogen (secondary N) is 1. The van der Waals surface area contributed by atoms with E-state index < -0.39 is 5.97 Å². The SMILES string of the molecule is CCCCC1CCC(C2NCCC2C(=O)O)CC1. The first-order chi connectivity index (χ1) is 8.72. The number of hydrogen-bond acceptors (Lipinski definition) is 2. The van der Waals surface area contributed by atoms with Crippen LogP contribution in [0.1, 0.15) is 58.3 Å². The van der Waals surface area contributed by atoms with E-state index in [-0.39, 0.29) is 12.0 Å². The van der Waals surface area contributed by atoms with Gasteiger partial charge in [0.2, 0.25) is 0 Å². The average Bonchev–Trinajstić information content (AvgIpc) is 2.86. The molecule has 1 heterocycles. The van der Waals surface area contributed by atoms with Gasteiger partial charge >= 0.3 is 5.97 Å². The van der Waals surface area contributed by atoms with E-state index in [4.69, 9.17) is 0 Å². The van der Waals surface area contributed by atoms with Gasteiger partial charge in [-0.2, -0.15) is 0 Å². The number of rotatable bonds is 5. The second-order valence-corrected chi connectivity index (χ2v) is 6.14. The van der Waals surface area contributed by atoms with Gasteiger partial charge in [-0.1, -0.05) is 39.0 Å². The molecule has 1 aliphatic carbocycles. The van der Waals surface area contributed by atoms with Gasteiger partial charge in [0.1, 0.15) is 0 Å². The Morgan fingerprint density at radius 2 is 1.94 bits per heavy atom. The molecule has 104 valence electrons. The number of carboxylic acid groups (broad SMARTS) is 1. The summed E-state index contributed by atoms with van der Waals surface area (Å²) in [7, 11) is 0. The third-order valence-corrected chi connectivity index (χ3v) is 4.95. The molecule has 18 heavy (non-hydrogen) atoms. The zero-order valence-corrected chi connectivity index (χ0v) is 11.5. The van der Waals surface area contributed by atoms with Gasteiger partial charge in [-0.3, -0.25) is 4.79 Å². The smallest absolute Gasteiger partial charge is 0.308 e. The molecular formula is C15H27NO2. The molecule has 0 aromatic heterocycles. The summed E-state index contributed by atoms with van der Waals surface area (Å²) in [6, 6.07) is 0.245. The highest BCUT2D eigenvalue weighted by atomic mass is 16.4. The first-order valence-electron chi connectivity index (χ1n) is 7.68. The molecule has 0 bridgehead atoms. The molecule has 2 aliphatic rings. The maximum atomic E-state index is 11.2. The van der Waals surface area contributed by atoms with E-state index in [9.17, 15) is 9.90 Å². The lowest BCUT2D eigenvalue weighted by atomic mass is 9.74. The standard InChI is InChI=1S/C15H27NO2/c1-2-3-4-11-5-7-12(8-6-11)14-13(15(17)18)9-10-16-14/h11-14,16H,2-10H2,1H3,(H,17,18). The Kier molecular flexibility index (Phi) is 5.04. The van der Waals surface area contributed by atoms with Crippen molar-refractivity contribution in [3.63, 3.8) is 0 Å². The molecule has 1 saturated carbocycles. The van der Waals surface area contributed by atoms with Gasteiger partial charge in [0, 0.05) is 6.04 Å². The second kappa shape index (κ2) is 6.55. The molecule has 2 atom stereocenters. The van der Waals surface area contributed by atoms with Crippen LogP contribution in [-0.2, 0) is 4.79 Å². The minimum absolute atomic E-state index is 0.137. The molecule has 1 aliphatic heterocycles. The quantitative estimate of drug-likeness (QED) is 0.791. The van der Waals surface area contributed by atoms with Gasteiger partial charge in [-0.25, -0.2) is 0 Å². The van der Waals surface area contributed by atoms with Crippen LogP contribution in [-0.4, -0.2) is 23.7 Å². The maximum absolute atomic E-state index is 11.2. The fraction of sp³-hybridized carbons (Fsp3) is 0.933. The van der Waals surface area contributed by atoms with E-state index in [1.54, 1.807) is 0 Å². The Morgan fingerprint density at radius 3 is 2.56 bits per heavy atom. The zero-order chi connectivity index (χ0) is 13.0. The third-order valence-electron chi connectivity index (χ3n) is 4.95. The molecule has 0 spiro atoms. The van der Waals surface area contributed by atoms with Crippen LogP contribution in [0.5, 0.6) is 0 Å². The summed E-state index contributed by atoms with van der Waals surface area (Å²) in [4.78, 5) is 11.2. The molecule has 1 saturated heterocycles. The topological polar surface area (TPSA) is 49.3 Å². The minimum atomic E-state index is -0.599. The van der Waals surface area contributed by atoms with Gasteiger partial charge in [0.15, 0.2) is 0 Å². The minimum Gasteiger partial charge on any atom is -0.481 e. The molecule has 2 rings (SSSR count). The van der Waals surface area contributed by atoms with Crippen LogP contribution in [0, 0.1) is 17.8 Å². The van der Waals surface area contributed by atoms with E-state index in [0.717, 1.165) is 18.9 Å². The molecule has 3 heteroatoms. The van der Waals surface area contributed by atoms with Crippen LogP contribution in [0.3, 0.4) is 0 Å². The Bertz CT molecular complexity index is 272. The molecule has 2 unspecified atom stereocenters. The molecule has 0 radical (unpaired) electrons. The van der Waals surface area contributed by atoms with E-state index >= 15 is 0 Å². The van der Waals surface area contributed by atoms with E-state index in [2.05, 4.69) is 12.2 Å². The largest absolute Gasteiger partial charge is 0.481 e. The summed E-state index contributed by atoms with van der Waals surface area (Å²) in [6.45, 7) is 3.14. The van der Waals surface area contributed by atoms with Crippen molar-refractivity contribution in [2.24, 2.45) is 17.8 Å². The van der Waals surface area contributed by atoms with Crippen molar-refractivity contribution < 1.29 is 9.90 Å². The van der Waals surface area contributed by atoms with Crippen LogP contribution >= 0.6 is 0 Å². The zero-order valence-electron chi connectivity index (χ0n) is 11.5. The molecule has 2 fully saturated rings. The summed E-state index contributed by atoms with van der Waals surface area (Å²) >= 11 is 0. The molecule has 0 amide bonds. The lowest BCUT2D eigenvalue weighted by molar-refractivity contribution is -0.142. The molecule has 0 aromatic rings. The molecule has 2 N–H and O–H groups in total. The van der Waals surface area contributed by atoms with Gasteiger partial charge in [0.25, 0.3) is 0 Å². The van der Waals surface area contributed by atoms with E-state index in [1.165, 1.54) is 44.9 Å². The Balaban J connectivity index is 1.80. The number of carbonyl (C=O) groups is 1. The molecular weight excluding hydrogens is 226 g/mol. The fourth-order valence-electron chi connectivity index (χ4n) is 3.83. The van der Waals surface area contributed by atoms with Crippen molar-refractivity contribution in [1.82, 2.24) is 5.32 Å². The lowest BCUT2D eigenvalue weighted by Crippen LogP contribution is -2.40. The monoisotopic (exact) mass is 253 g/mol. The summed E-state index contributed by atoms with van der Waals surface area (Å²) in [5.74, 6) is 0.776. The van der Waals surface area contributed by atoms with Crippen molar-refractivity contribution in [2.45, 2.75) is 64.3 Å². The maximum Gasteiger partial charge on any atom is 0.308 e. The first kappa shape index (κ1) is 13.9. The average molecular weight is 253 g/mol. The van der Waals surface area contributed by atoms with Gasteiger partial charge < -0.3 is 10.4 Å². The molecule has 3 nitrogen and oxygen atoms in total. The van der Waals surface area contributed by atoms with Crippen molar-refractivity contribution >= 4 is 5.97 Å². The van der Waals surface area contributed by atoms with Crippen LogP contribution < -0.4 is 5.32 Å². The first-order valence-corrected chi connectivity index (χ1v) is 7.68. The fourth-order valence-corrected chi connectivity index (χ4v) is 3.83. The van der Waals surface area contributed by atoms with Crippen LogP contribution in [0.2, 0.25) is 0 Å². The highest BCUT2D eigenvalue weighted by Gasteiger charge is 2.38. The lowest BCUT2D eigenvalue weighted by Gasteiger charge is -2.34. The van der Waals surface area contributed by atoms with E-state index in [0.29, 0.717) is 5.92 Å².